The maximum atomic E-state index is 13.4. The molecular formula is C28H26ClFN6O3S. The molecule has 3 heterocycles. The largest absolute Gasteiger partial charge is 0.368 e. The quantitative estimate of drug-likeness (QED) is 0.252. The maximum Gasteiger partial charge on any atom is 0.344 e. The fourth-order valence-electron chi connectivity index (χ4n) is 4.40. The number of aromatic amines is 1. The predicted molar refractivity (Wildman–Crippen MR) is 152 cm³/mol. The third kappa shape index (κ3) is 6.97. The molecule has 0 unspecified atom stereocenters. The van der Waals surface area contributed by atoms with Gasteiger partial charge in [0.1, 0.15) is 12.4 Å². The molecule has 40 heavy (non-hydrogen) atoms. The number of aromatic nitrogens is 4. The number of H-pyrrole nitrogens is 1. The van der Waals surface area contributed by atoms with Crippen molar-refractivity contribution in [2.45, 2.75) is 23.9 Å². The molecule has 2 aromatic heterocycles. The summed E-state index contributed by atoms with van der Waals surface area (Å²) in [5.41, 5.74) is 2.03. The molecule has 0 aliphatic carbocycles. The molecule has 0 spiro atoms. The van der Waals surface area contributed by atoms with E-state index in [2.05, 4.69) is 19.9 Å². The molecule has 0 atom stereocenters. The molecule has 4 aromatic rings. The topological polar surface area (TPSA) is 104 Å². The number of thioether (sulfide) groups is 1. The van der Waals surface area contributed by atoms with Crippen molar-refractivity contribution in [2.75, 3.05) is 31.1 Å². The first-order chi connectivity index (χ1) is 19.3. The highest BCUT2D eigenvalue weighted by molar-refractivity contribution is 7.98. The van der Waals surface area contributed by atoms with Crippen molar-refractivity contribution in [3.63, 3.8) is 0 Å². The minimum absolute atomic E-state index is 0.0108. The molecule has 1 amide bonds. The van der Waals surface area contributed by atoms with E-state index in [1.54, 1.807) is 22.9 Å². The number of anilines is 1. The van der Waals surface area contributed by atoms with E-state index in [4.69, 9.17) is 11.6 Å². The average molecular weight is 581 g/mol. The van der Waals surface area contributed by atoms with Crippen LogP contribution in [0, 0.1) is 5.82 Å². The molecule has 9 nitrogen and oxygen atoms in total. The van der Waals surface area contributed by atoms with Crippen LogP contribution in [0.2, 0.25) is 5.02 Å². The maximum absolute atomic E-state index is 13.4. The van der Waals surface area contributed by atoms with Crippen molar-refractivity contribution in [3.8, 4) is 0 Å². The zero-order valence-electron chi connectivity index (χ0n) is 21.4. The third-order valence-corrected chi connectivity index (χ3v) is 7.88. The molecule has 5 rings (SSSR count). The predicted octanol–water partition coefficient (Wildman–Crippen LogP) is 3.35. The Morgan fingerprint density at radius 2 is 1.73 bits per heavy atom. The van der Waals surface area contributed by atoms with Crippen LogP contribution in [0.3, 0.4) is 0 Å². The number of benzene rings is 2. The average Bonchev–Trinajstić information content (AvgIpc) is 2.96. The van der Waals surface area contributed by atoms with Gasteiger partial charge in [0.15, 0.2) is 5.16 Å². The number of carbonyl (C=O) groups is 1. The van der Waals surface area contributed by atoms with Crippen LogP contribution in [0.25, 0.3) is 0 Å². The number of amides is 1. The van der Waals surface area contributed by atoms with Gasteiger partial charge in [-0.2, -0.15) is 4.98 Å². The van der Waals surface area contributed by atoms with E-state index in [-0.39, 0.29) is 24.7 Å². The number of hydrogen-bond donors (Lipinski definition) is 1. The van der Waals surface area contributed by atoms with Gasteiger partial charge in [0.2, 0.25) is 5.91 Å². The van der Waals surface area contributed by atoms with Gasteiger partial charge in [0.05, 0.1) is 0 Å². The monoisotopic (exact) mass is 580 g/mol. The van der Waals surface area contributed by atoms with E-state index in [0.29, 0.717) is 53.2 Å². The van der Waals surface area contributed by atoms with Crippen LogP contribution in [0.15, 0.2) is 81.9 Å². The Balaban J connectivity index is 1.33. The van der Waals surface area contributed by atoms with Crippen LogP contribution in [0.4, 0.5) is 10.1 Å². The van der Waals surface area contributed by atoms with Crippen molar-refractivity contribution >= 4 is 35.0 Å². The fourth-order valence-corrected chi connectivity index (χ4v) is 5.44. The second kappa shape index (κ2) is 12.5. The molecule has 1 fully saturated rings. The van der Waals surface area contributed by atoms with Gasteiger partial charge in [-0.25, -0.2) is 14.2 Å². The standard InChI is InChI=1S/C28H26ClFN6O3S/c29-22-3-7-24(8-4-22)34-9-11-35(12-10-34)25(37)17-36-16-21(13-20-14-31-27(39)32-15-20)26(38)33-28(36)40-18-19-1-5-23(30)6-2-19/h1-8,14-16H,9-13,17-18H2,(H,31,32,39). The van der Waals surface area contributed by atoms with Crippen LogP contribution in [-0.2, 0) is 23.5 Å². The first-order valence-corrected chi connectivity index (χ1v) is 14.0. The zero-order chi connectivity index (χ0) is 28.1. The lowest BCUT2D eigenvalue weighted by Crippen LogP contribution is -2.49. The van der Waals surface area contributed by atoms with Crippen molar-refractivity contribution in [1.29, 1.82) is 0 Å². The highest BCUT2D eigenvalue weighted by atomic mass is 35.5. The molecule has 1 saturated heterocycles. The van der Waals surface area contributed by atoms with Gasteiger partial charge in [-0.3, -0.25) is 9.59 Å². The van der Waals surface area contributed by atoms with Gasteiger partial charge < -0.3 is 19.4 Å². The molecule has 0 bridgehead atoms. The molecular weight excluding hydrogens is 555 g/mol. The van der Waals surface area contributed by atoms with Gasteiger partial charge in [-0.05, 0) is 47.5 Å². The smallest absolute Gasteiger partial charge is 0.344 e. The minimum atomic E-state index is -0.478. The van der Waals surface area contributed by atoms with Crippen LogP contribution < -0.4 is 16.1 Å². The summed E-state index contributed by atoms with van der Waals surface area (Å²) in [4.78, 5) is 52.1. The van der Waals surface area contributed by atoms with Gasteiger partial charge in [0.25, 0.3) is 5.56 Å². The highest BCUT2D eigenvalue weighted by Gasteiger charge is 2.23. The second-order valence-corrected chi connectivity index (χ2v) is 10.7. The van der Waals surface area contributed by atoms with E-state index in [1.165, 1.54) is 36.3 Å². The normalized spacial score (nSPS) is 13.4. The first-order valence-electron chi connectivity index (χ1n) is 12.6. The molecule has 0 saturated carbocycles. The van der Waals surface area contributed by atoms with Crippen molar-refractivity contribution in [3.05, 3.63) is 115 Å². The van der Waals surface area contributed by atoms with Crippen LogP contribution in [0.1, 0.15) is 16.7 Å². The first kappa shape index (κ1) is 27.6. The molecule has 1 N–H and O–H groups in total. The summed E-state index contributed by atoms with van der Waals surface area (Å²) in [5, 5.41) is 1.07. The third-order valence-electron chi connectivity index (χ3n) is 6.56. The summed E-state index contributed by atoms with van der Waals surface area (Å²) in [6.45, 7) is 2.50. The zero-order valence-corrected chi connectivity index (χ0v) is 23.0. The second-order valence-electron chi connectivity index (χ2n) is 9.34. The number of rotatable bonds is 8. The van der Waals surface area contributed by atoms with Crippen LogP contribution >= 0.6 is 23.4 Å². The van der Waals surface area contributed by atoms with E-state index in [9.17, 15) is 18.8 Å². The summed E-state index contributed by atoms with van der Waals surface area (Å²) in [7, 11) is 0. The Morgan fingerprint density at radius 3 is 2.40 bits per heavy atom. The lowest BCUT2D eigenvalue weighted by molar-refractivity contribution is -0.132. The van der Waals surface area contributed by atoms with E-state index in [0.717, 1.165) is 11.3 Å². The summed E-state index contributed by atoms with van der Waals surface area (Å²) < 4.78 is 15.0. The SMILES string of the molecule is O=C(Cn1cc(Cc2cnc(=O)[nH]c2)c(=O)nc1SCc1ccc(F)cc1)N1CCN(c2ccc(Cl)cc2)CC1. The summed E-state index contributed by atoms with van der Waals surface area (Å²) in [6.07, 6.45) is 4.76. The number of halogens is 2. The van der Waals surface area contributed by atoms with Crippen molar-refractivity contribution in [2.24, 2.45) is 0 Å². The van der Waals surface area contributed by atoms with E-state index < -0.39 is 11.2 Å². The number of hydrogen-bond acceptors (Lipinski definition) is 7. The molecule has 206 valence electrons. The number of nitrogens with one attached hydrogen (secondary N) is 1. The lowest BCUT2D eigenvalue weighted by atomic mass is 10.1. The van der Waals surface area contributed by atoms with Crippen molar-refractivity contribution < 1.29 is 9.18 Å². The van der Waals surface area contributed by atoms with Gasteiger partial charge in [-0.1, -0.05) is 35.5 Å². The number of carbonyl (C=O) groups excluding carboxylic acids is 1. The number of nitrogens with zero attached hydrogens (tertiary/aromatic N) is 5. The van der Waals surface area contributed by atoms with E-state index in [1.807, 2.05) is 29.2 Å². The summed E-state index contributed by atoms with van der Waals surface area (Å²) in [6, 6.07) is 13.7. The van der Waals surface area contributed by atoms with Crippen LogP contribution in [0.5, 0.6) is 0 Å². The molecule has 2 aromatic carbocycles. The van der Waals surface area contributed by atoms with Crippen molar-refractivity contribution in [1.82, 2.24) is 24.4 Å². The van der Waals surface area contributed by atoms with Crippen LogP contribution in [-0.4, -0.2) is 56.5 Å². The fraction of sp³-hybridized carbons (Fsp3) is 0.250. The van der Waals surface area contributed by atoms with Gasteiger partial charge in [-0.15, -0.1) is 0 Å². The molecule has 1 aliphatic heterocycles. The molecule has 1 aliphatic rings. The Labute approximate surface area is 238 Å². The Bertz CT molecular complexity index is 1580. The molecule has 12 heteroatoms. The minimum Gasteiger partial charge on any atom is -0.368 e. The Morgan fingerprint density at radius 1 is 1.00 bits per heavy atom. The number of piperazine rings is 1. The Kier molecular flexibility index (Phi) is 8.61. The van der Waals surface area contributed by atoms with Gasteiger partial charge >= 0.3 is 5.69 Å². The highest BCUT2D eigenvalue weighted by Crippen LogP contribution is 2.22. The lowest BCUT2D eigenvalue weighted by Gasteiger charge is -2.36. The van der Waals surface area contributed by atoms with E-state index >= 15 is 0 Å². The molecule has 0 radical (unpaired) electrons. The Hall–Kier alpha value is -3.96. The summed E-state index contributed by atoms with van der Waals surface area (Å²) >= 11 is 7.31. The van der Waals surface area contributed by atoms with Gasteiger partial charge in [0, 0.05) is 73.2 Å². The summed E-state index contributed by atoms with van der Waals surface area (Å²) in [5.74, 6) is 0.0391.